The molecule has 1 heterocycles. The zero-order valence-electron chi connectivity index (χ0n) is 26.9. The van der Waals surface area contributed by atoms with Gasteiger partial charge in [0.05, 0.1) is 11.2 Å². The lowest BCUT2D eigenvalue weighted by molar-refractivity contribution is 0.0946. The van der Waals surface area contributed by atoms with E-state index < -0.39 is 0 Å². The first kappa shape index (κ1) is 36.1. The van der Waals surface area contributed by atoms with Crippen LogP contribution in [0, 0.1) is 0 Å². The molecule has 4 rings (SSSR count). The summed E-state index contributed by atoms with van der Waals surface area (Å²) in [6.45, 7) is 16.5. The first-order valence-electron chi connectivity index (χ1n) is 15.3. The van der Waals surface area contributed by atoms with Gasteiger partial charge in [0.2, 0.25) is 0 Å². The fourth-order valence-electron chi connectivity index (χ4n) is 3.84. The number of hydrogen-bond acceptors (Lipinski definition) is 4. The lowest BCUT2D eigenvalue weighted by Gasteiger charge is -2.06. The summed E-state index contributed by atoms with van der Waals surface area (Å²) in [7, 11) is 1.90. The average molecular weight is 574 g/mol. The van der Waals surface area contributed by atoms with Gasteiger partial charge in [0, 0.05) is 35.2 Å². The molecule has 0 fully saturated rings. The van der Waals surface area contributed by atoms with Crippen molar-refractivity contribution in [2.24, 2.45) is 0 Å². The highest BCUT2D eigenvalue weighted by Crippen LogP contribution is 2.30. The van der Waals surface area contributed by atoms with E-state index in [4.69, 9.17) is 5.10 Å². The Morgan fingerprint density at radius 1 is 0.714 bits per heavy atom. The zero-order valence-corrected chi connectivity index (χ0v) is 26.9. The summed E-state index contributed by atoms with van der Waals surface area (Å²) < 4.78 is 1.88. The van der Waals surface area contributed by atoms with Crippen molar-refractivity contribution in [3.05, 3.63) is 83.9 Å². The summed E-state index contributed by atoms with van der Waals surface area (Å²) in [6, 6.07) is 23.0. The Labute approximate surface area is 253 Å². The Bertz CT molecular complexity index is 1310. The number of rotatable bonds is 9. The van der Waals surface area contributed by atoms with Crippen molar-refractivity contribution in [3.63, 3.8) is 0 Å². The summed E-state index contributed by atoms with van der Waals surface area (Å²) in [5.74, 6) is -0.170. The molecule has 0 unspecified atom stereocenters. The SMILES string of the molecule is CC.CCC.CCC.CCNC(=O)c1ccc(-n2nc(-c3ccc(C(=O)NCCCNC)cc3)c3ccccc32)cc1. The molecule has 4 aromatic rings. The number of nitrogens with zero attached hydrogens (tertiary/aromatic N) is 2. The Balaban J connectivity index is 0.000000998. The molecule has 42 heavy (non-hydrogen) atoms. The van der Waals surface area contributed by atoms with Gasteiger partial charge in [0.1, 0.15) is 5.69 Å². The van der Waals surface area contributed by atoms with E-state index in [2.05, 4.69) is 43.6 Å². The van der Waals surface area contributed by atoms with E-state index in [1.807, 2.05) is 93.2 Å². The highest BCUT2D eigenvalue weighted by atomic mass is 16.2. The molecular formula is C35H51N5O2. The molecule has 3 N–H and O–H groups in total. The number of carbonyl (C=O) groups excluding carboxylic acids is 2. The van der Waals surface area contributed by atoms with E-state index >= 15 is 0 Å². The van der Waals surface area contributed by atoms with Crippen LogP contribution in [0.1, 0.15) is 88.4 Å². The van der Waals surface area contributed by atoms with Gasteiger partial charge in [0.25, 0.3) is 11.8 Å². The van der Waals surface area contributed by atoms with Crippen LogP contribution < -0.4 is 16.0 Å². The van der Waals surface area contributed by atoms with Gasteiger partial charge in [-0.15, -0.1) is 0 Å². The molecule has 0 aliphatic rings. The molecule has 0 bridgehead atoms. The first-order chi connectivity index (χ1) is 20.4. The van der Waals surface area contributed by atoms with E-state index in [-0.39, 0.29) is 11.8 Å². The average Bonchev–Trinajstić information content (AvgIpc) is 3.41. The summed E-state index contributed by atoms with van der Waals surface area (Å²) in [5.41, 5.74) is 4.84. The molecule has 7 nitrogen and oxygen atoms in total. The molecule has 7 heteroatoms. The van der Waals surface area contributed by atoms with Crippen LogP contribution in [0.15, 0.2) is 72.8 Å². The Hall–Kier alpha value is -3.97. The standard InChI is InChI=1S/C27H29N5O2.2C3H8.C2H6/c1-3-29-26(33)21-13-15-22(16-14-21)32-24-8-5-4-7-23(24)25(31-32)19-9-11-20(12-10-19)27(34)30-18-6-17-28-2;2*1-3-2;1-2/h4-5,7-16,28H,3,6,17-18H2,1-2H3,(H,29,33)(H,30,34);2*3H2,1-2H3;1-2H3. The smallest absolute Gasteiger partial charge is 0.251 e. The Morgan fingerprint density at radius 3 is 1.79 bits per heavy atom. The minimum atomic E-state index is -0.0915. The fraction of sp³-hybridized carbons (Fsp3) is 0.400. The van der Waals surface area contributed by atoms with Crippen LogP contribution >= 0.6 is 0 Å². The molecular weight excluding hydrogens is 522 g/mol. The van der Waals surface area contributed by atoms with Crippen LogP contribution in [-0.4, -0.2) is 48.3 Å². The quantitative estimate of drug-likeness (QED) is 0.180. The van der Waals surface area contributed by atoms with Crippen LogP contribution in [-0.2, 0) is 0 Å². The van der Waals surface area contributed by atoms with Crippen molar-refractivity contribution in [2.45, 2.75) is 67.7 Å². The van der Waals surface area contributed by atoms with E-state index in [0.717, 1.165) is 40.8 Å². The largest absolute Gasteiger partial charge is 0.352 e. The Kier molecular flexibility index (Phi) is 17.9. The van der Waals surface area contributed by atoms with E-state index in [9.17, 15) is 9.59 Å². The van der Waals surface area contributed by atoms with Gasteiger partial charge >= 0.3 is 0 Å². The van der Waals surface area contributed by atoms with E-state index in [0.29, 0.717) is 24.2 Å². The van der Waals surface area contributed by atoms with Crippen LogP contribution in [0.2, 0.25) is 0 Å². The van der Waals surface area contributed by atoms with Crippen LogP contribution in [0.25, 0.3) is 27.8 Å². The van der Waals surface area contributed by atoms with Gasteiger partial charge in [-0.3, -0.25) is 9.59 Å². The molecule has 228 valence electrons. The Morgan fingerprint density at radius 2 is 1.24 bits per heavy atom. The maximum absolute atomic E-state index is 12.4. The molecule has 2 amide bonds. The topological polar surface area (TPSA) is 88.0 Å². The highest BCUT2D eigenvalue weighted by Gasteiger charge is 2.15. The normalized spacial score (nSPS) is 9.81. The molecule has 3 aromatic carbocycles. The molecule has 0 saturated carbocycles. The summed E-state index contributed by atoms with van der Waals surface area (Å²) in [6.07, 6.45) is 3.38. The van der Waals surface area contributed by atoms with Gasteiger partial charge in [-0.25, -0.2) is 4.68 Å². The van der Waals surface area contributed by atoms with Gasteiger partial charge in [-0.1, -0.05) is 84.7 Å². The predicted molar refractivity (Wildman–Crippen MR) is 179 cm³/mol. The van der Waals surface area contributed by atoms with E-state index in [1.54, 1.807) is 12.1 Å². The molecule has 0 aliphatic carbocycles. The van der Waals surface area contributed by atoms with Gasteiger partial charge < -0.3 is 16.0 Å². The molecule has 0 spiro atoms. The number of para-hydroxylation sites is 1. The van der Waals surface area contributed by atoms with Crippen LogP contribution in [0.4, 0.5) is 0 Å². The van der Waals surface area contributed by atoms with Crippen molar-refractivity contribution < 1.29 is 9.59 Å². The zero-order chi connectivity index (χ0) is 31.3. The number of nitrogens with one attached hydrogen (secondary N) is 3. The molecule has 1 aromatic heterocycles. The lowest BCUT2D eigenvalue weighted by Crippen LogP contribution is -2.26. The van der Waals surface area contributed by atoms with Crippen molar-refractivity contribution in [1.82, 2.24) is 25.7 Å². The molecule has 0 aliphatic heterocycles. The molecule has 0 atom stereocenters. The monoisotopic (exact) mass is 573 g/mol. The number of carbonyl (C=O) groups is 2. The van der Waals surface area contributed by atoms with E-state index in [1.165, 1.54) is 12.8 Å². The van der Waals surface area contributed by atoms with Crippen molar-refractivity contribution in [1.29, 1.82) is 0 Å². The highest BCUT2D eigenvalue weighted by molar-refractivity contribution is 5.97. The van der Waals surface area contributed by atoms with Crippen LogP contribution in [0.5, 0.6) is 0 Å². The number of aromatic nitrogens is 2. The third-order valence-electron chi connectivity index (χ3n) is 5.61. The molecule has 0 saturated heterocycles. The first-order valence-corrected chi connectivity index (χ1v) is 15.3. The summed E-state index contributed by atoms with van der Waals surface area (Å²) >= 11 is 0. The lowest BCUT2D eigenvalue weighted by atomic mass is 10.1. The fourth-order valence-corrected chi connectivity index (χ4v) is 3.84. The molecule has 0 radical (unpaired) electrons. The second-order valence-corrected chi connectivity index (χ2v) is 9.39. The van der Waals surface area contributed by atoms with Crippen molar-refractivity contribution in [2.75, 3.05) is 26.7 Å². The predicted octanol–water partition coefficient (Wildman–Crippen LogP) is 7.64. The number of fused-ring (bicyclic) bond motifs is 1. The minimum absolute atomic E-state index is 0.0785. The summed E-state index contributed by atoms with van der Waals surface area (Å²) in [4.78, 5) is 24.5. The van der Waals surface area contributed by atoms with Gasteiger partial charge in [-0.05, 0) is 69.4 Å². The number of hydrogen-bond donors (Lipinski definition) is 3. The van der Waals surface area contributed by atoms with Crippen molar-refractivity contribution in [3.8, 4) is 16.9 Å². The second kappa shape index (κ2) is 20.8. The second-order valence-electron chi connectivity index (χ2n) is 9.39. The number of benzene rings is 3. The minimum Gasteiger partial charge on any atom is -0.352 e. The van der Waals surface area contributed by atoms with Gasteiger partial charge in [-0.2, -0.15) is 5.10 Å². The van der Waals surface area contributed by atoms with Gasteiger partial charge in [0.15, 0.2) is 0 Å². The third kappa shape index (κ3) is 10.8. The number of amides is 2. The summed E-state index contributed by atoms with van der Waals surface area (Å²) in [5, 5.41) is 14.7. The van der Waals surface area contributed by atoms with Crippen molar-refractivity contribution >= 4 is 22.7 Å². The maximum Gasteiger partial charge on any atom is 0.251 e. The van der Waals surface area contributed by atoms with Crippen LogP contribution in [0.3, 0.4) is 0 Å². The maximum atomic E-state index is 12.4. The third-order valence-corrected chi connectivity index (χ3v) is 5.61.